The summed E-state index contributed by atoms with van der Waals surface area (Å²) in [4.78, 5) is 0. The molecule has 1 N–H and O–H groups in total. The zero-order chi connectivity index (χ0) is 11.7. The van der Waals surface area contributed by atoms with E-state index < -0.39 is 0 Å². The highest BCUT2D eigenvalue weighted by molar-refractivity contribution is 7.99. The van der Waals surface area contributed by atoms with Gasteiger partial charge in [0.1, 0.15) is 11.6 Å². The number of aryl methyl sites for hydroxylation is 1. The molecule has 1 aromatic rings. The van der Waals surface area contributed by atoms with Crippen LogP contribution in [-0.4, -0.2) is 37.5 Å². The molecule has 0 amide bonds. The molecule has 1 saturated heterocycles. The summed E-state index contributed by atoms with van der Waals surface area (Å²) in [5.41, 5.74) is 0. The van der Waals surface area contributed by atoms with E-state index in [2.05, 4.69) is 26.5 Å². The van der Waals surface area contributed by atoms with Gasteiger partial charge in [-0.25, -0.2) is 0 Å². The topological polar surface area (TPSA) is 50.9 Å². The van der Waals surface area contributed by atoms with Crippen molar-refractivity contribution < 1.29 is 5.11 Å². The fraction of sp³-hybridized carbons (Fsp3) is 0.833. The molecule has 0 aliphatic carbocycles. The molecule has 17 heavy (non-hydrogen) atoms. The number of thioether (sulfide) groups is 1. The molecule has 2 atom stereocenters. The van der Waals surface area contributed by atoms with E-state index in [4.69, 9.17) is 0 Å². The van der Waals surface area contributed by atoms with E-state index in [1.807, 2.05) is 0 Å². The Morgan fingerprint density at radius 1 is 1.35 bits per heavy atom. The lowest BCUT2D eigenvalue weighted by Crippen LogP contribution is -2.26. The molecule has 2 aliphatic rings. The van der Waals surface area contributed by atoms with Crippen LogP contribution in [0.1, 0.15) is 30.9 Å². The normalized spacial score (nSPS) is 29.0. The number of hydrogen-bond acceptors (Lipinski definition) is 4. The van der Waals surface area contributed by atoms with Gasteiger partial charge in [-0.05, 0) is 36.7 Å². The van der Waals surface area contributed by atoms with E-state index in [1.54, 1.807) is 0 Å². The van der Waals surface area contributed by atoms with Gasteiger partial charge < -0.3 is 9.67 Å². The molecule has 3 rings (SSSR count). The van der Waals surface area contributed by atoms with Gasteiger partial charge in [0.25, 0.3) is 0 Å². The monoisotopic (exact) mass is 253 g/mol. The van der Waals surface area contributed by atoms with E-state index in [-0.39, 0.29) is 6.10 Å². The second-order valence-electron chi connectivity index (χ2n) is 5.12. The summed E-state index contributed by atoms with van der Waals surface area (Å²) < 4.78 is 2.15. The van der Waals surface area contributed by atoms with Gasteiger partial charge in [-0.3, -0.25) is 0 Å². The van der Waals surface area contributed by atoms with E-state index in [9.17, 15) is 5.11 Å². The Morgan fingerprint density at radius 3 is 3.12 bits per heavy atom. The van der Waals surface area contributed by atoms with Gasteiger partial charge in [-0.1, -0.05) is 0 Å². The minimum atomic E-state index is -0.210. The third-order valence-electron chi connectivity index (χ3n) is 3.72. The van der Waals surface area contributed by atoms with Crippen molar-refractivity contribution in [1.29, 1.82) is 0 Å². The lowest BCUT2D eigenvalue weighted by Gasteiger charge is -2.23. The number of aliphatic hydroxyl groups is 1. The van der Waals surface area contributed by atoms with Crippen LogP contribution < -0.4 is 0 Å². The summed E-state index contributed by atoms with van der Waals surface area (Å²) in [6.07, 6.45) is 5.17. The molecular weight excluding hydrogens is 234 g/mol. The number of rotatable bonds is 2. The zero-order valence-electron chi connectivity index (χ0n) is 10.0. The predicted octanol–water partition coefficient (Wildman–Crippen LogP) is 1.27. The van der Waals surface area contributed by atoms with Crippen molar-refractivity contribution in [3.05, 3.63) is 11.6 Å². The molecule has 0 radical (unpaired) electrons. The fourth-order valence-electron chi connectivity index (χ4n) is 2.74. The Kier molecular flexibility index (Phi) is 3.38. The van der Waals surface area contributed by atoms with Gasteiger partial charge in [0.05, 0.1) is 12.6 Å². The molecule has 94 valence electrons. The Bertz CT molecular complexity index is 387. The van der Waals surface area contributed by atoms with Gasteiger partial charge in [-0.2, -0.15) is 11.8 Å². The van der Waals surface area contributed by atoms with Gasteiger partial charge in [0, 0.05) is 12.8 Å². The van der Waals surface area contributed by atoms with Crippen molar-refractivity contribution in [3.8, 4) is 0 Å². The number of nitrogens with zero attached hydrogens (tertiary/aromatic N) is 3. The summed E-state index contributed by atoms with van der Waals surface area (Å²) in [5, 5.41) is 18.3. The number of aliphatic hydroxyl groups excluding tert-OH is 1. The van der Waals surface area contributed by atoms with Crippen LogP contribution in [-0.2, 0) is 19.4 Å². The largest absolute Gasteiger partial charge is 0.391 e. The minimum absolute atomic E-state index is 0.210. The third kappa shape index (κ3) is 2.50. The van der Waals surface area contributed by atoms with Crippen LogP contribution in [0.4, 0.5) is 0 Å². The first kappa shape index (κ1) is 11.5. The Balaban J connectivity index is 1.72. The highest BCUT2D eigenvalue weighted by Gasteiger charge is 2.23. The summed E-state index contributed by atoms with van der Waals surface area (Å²) in [5.74, 6) is 5.47. The van der Waals surface area contributed by atoms with Crippen molar-refractivity contribution in [2.45, 2.75) is 44.8 Å². The van der Waals surface area contributed by atoms with Crippen LogP contribution in [0.15, 0.2) is 0 Å². The lowest BCUT2D eigenvalue weighted by molar-refractivity contribution is 0.128. The number of hydrogen-bond donors (Lipinski definition) is 1. The van der Waals surface area contributed by atoms with E-state index in [0.29, 0.717) is 6.54 Å². The standard InChI is InChI=1S/C12H19N3OS/c16-10-3-4-11-13-14-12(15(11)7-10)6-9-2-1-5-17-8-9/h9-10,16H,1-8H2. The third-order valence-corrected chi connectivity index (χ3v) is 5.01. The van der Waals surface area contributed by atoms with Gasteiger partial charge in [0.2, 0.25) is 0 Å². The Labute approximate surface area is 106 Å². The summed E-state index contributed by atoms with van der Waals surface area (Å²) in [7, 11) is 0. The number of fused-ring (bicyclic) bond motifs is 1. The maximum Gasteiger partial charge on any atom is 0.133 e. The van der Waals surface area contributed by atoms with E-state index in [0.717, 1.165) is 36.8 Å². The maximum atomic E-state index is 9.72. The first-order valence-corrected chi connectivity index (χ1v) is 7.65. The quantitative estimate of drug-likeness (QED) is 0.862. The first-order valence-electron chi connectivity index (χ1n) is 6.49. The van der Waals surface area contributed by atoms with Crippen LogP contribution >= 0.6 is 11.8 Å². The maximum absolute atomic E-state index is 9.72. The van der Waals surface area contributed by atoms with Crippen molar-refractivity contribution in [3.63, 3.8) is 0 Å². The van der Waals surface area contributed by atoms with Crippen molar-refractivity contribution in [2.75, 3.05) is 11.5 Å². The van der Waals surface area contributed by atoms with Gasteiger partial charge in [-0.15, -0.1) is 10.2 Å². The molecule has 3 heterocycles. The van der Waals surface area contributed by atoms with Crippen LogP contribution in [0.5, 0.6) is 0 Å². The van der Waals surface area contributed by atoms with Crippen LogP contribution in [0, 0.1) is 5.92 Å². The van der Waals surface area contributed by atoms with Crippen LogP contribution in [0.25, 0.3) is 0 Å². The molecule has 5 heteroatoms. The first-order chi connectivity index (χ1) is 8.33. The van der Waals surface area contributed by atoms with E-state index >= 15 is 0 Å². The fourth-order valence-corrected chi connectivity index (χ4v) is 3.90. The summed E-state index contributed by atoms with van der Waals surface area (Å²) >= 11 is 2.06. The Morgan fingerprint density at radius 2 is 2.29 bits per heavy atom. The van der Waals surface area contributed by atoms with Crippen molar-refractivity contribution in [1.82, 2.24) is 14.8 Å². The highest BCUT2D eigenvalue weighted by Crippen LogP contribution is 2.26. The molecule has 0 bridgehead atoms. The molecule has 4 nitrogen and oxygen atoms in total. The predicted molar refractivity (Wildman–Crippen MR) is 68.1 cm³/mol. The van der Waals surface area contributed by atoms with Gasteiger partial charge >= 0.3 is 0 Å². The molecular formula is C12H19N3OS. The minimum Gasteiger partial charge on any atom is -0.391 e. The lowest BCUT2D eigenvalue weighted by atomic mass is 10.0. The number of aromatic nitrogens is 3. The smallest absolute Gasteiger partial charge is 0.133 e. The molecule has 2 unspecified atom stereocenters. The highest BCUT2D eigenvalue weighted by atomic mass is 32.2. The SMILES string of the molecule is OC1CCc2nnc(CC3CCCSC3)n2C1. The van der Waals surface area contributed by atoms with E-state index in [1.165, 1.54) is 24.3 Å². The zero-order valence-corrected chi connectivity index (χ0v) is 10.8. The summed E-state index contributed by atoms with van der Waals surface area (Å²) in [6.45, 7) is 0.692. The Hall–Kier alpha value is -0.550. The molecule has 1 fully saturated rings. The molecule has 1 aromatic heterocycles. The molecule has 0 aromatic carbocycles. The molecule has 2 aliphatic heterocycles. The van der Waals surface area contributed by atoms with Crippen LogP contribution in [0.3, 0.4) is 0 Å². The van der Waals surface area contributed by atoms with Crippen LogP contribution in [0.2, 0.25) is 0 Å². The van der Waals surface area contributed by atoms with Crippen molar-refractivity contribution >= 4 is 11.8 Å². The second-order valence-corrected chi connectivity index (χ2v) is 6.27. The average Bonchev–Trinajstić information content (AvgIpc) is 2.73. The average molecular weight is 253 g/mol. The second kappa shape index (κ2) is 4.98. The summed E-state index contributed by atoms with van der Waals surface area (Å²) in [6, 6.07) is 0. The van der Waals surface area contributed by atoms with Crippen molar-refractivity contribution in [2.24, 2.45) is 5.92 Å². The molecule has 0 spiro atoms. The van der Waals surface area contributed by atoms with Gasteiger partial charge in [0.15, 0.2) is 0 Å². The molecule has 0 saturated carbocycles.